The van der Waals surface area contributed by atoms with E-state index in [1.165, 1.54) is 24.0 Å². The fraction of sp³-hybridized carbons (Fsp3) is 0.429. The van der Waals surface area contributed by atoms with Crippen LogP contribution in [0.3, 0.4) is 0 Å². The number of anilines is 1. The highest BCUT2D eigenvalue weighted by Gasteiger charge is 2.32. The van der Waals surface area contributed by atoms with Crippen molar-refractivity contribution in [3.8, 4) is 11.5 Å². The average molecular weight is 418 g/mol. The molecule has 0 aromatic heterocycles. The highest BCUT2D eigenvalue weighted by Crippen LogP contribution is 2.46. The first-order valence-electron chi connectivity index (χ1n) is 11.6. The fourth-order valence-corrected chi connectivity index (χ4v) is 4.80. The normalized spacial score (nSPS) is 17.9. The second-order valence-electron chi connectivity index (χ2n) is 9.37. The third kappa shape index (κ3) is 5.52. The van der Waals surface area contributed by atoms with E-state index < -0.39 is 0 Å². The van der Waals surface area contributed by atoms with Crippen LogP contribution >= 0.6 is 0 Å². The molecule has 31 heavy (non-hydrogen) atoms. The summed E-state index contributed by atoms with van der Waals surface area (Å²) in [5, 5.41) is 9.89. The number of phenolic OH excluding ortho intramolecular Hbond substituents is 1. The molecule has 2 aromatic carbocycles. The van der Waals surface area contributed by atoms with Gasteiger partial charge in [-0.15, -0.1) is 6.58 Å². The lowest BCUT2D eigenvalue weighted by atomic mass is 9.88. The van der Waals surface area contributed by atoms with Crippen LogP contribution in [0.4, 0.5) is 5.69 Å². The second kappa shape index (κ2) is 9.64. The van der Waals surface area contributed by atoms with E-state index in [9.17, 15) is 5.11 Å². The first-order valence-corrected chi connectivity index (χ1v) is 11.6. The first-order chi connectivity index (χ1) is 15.0. The van der Waals surface area contributed by atoms with Crippen molar-refractivity contribution in [1.29, 1.82) is 0 Å². The number of hydrogen-bond acceptors (Lipinski definition) is 3. The number of hydrogen-bond donors (Lipinski definition) is 1. The highest BCUT2D eigenvalue weighted by molar-refractivity contribution is 5.68. The van der Waals surface area contributed by atoms with Crippen LogP contribution in [-0.2, 0) is 0 Å². The molecule has 164 valence electrons. The molecule has 0 spiro atoms. The Balaban J connectivity index is 1.32. The van der Waals surface area contributed by atoms with Crippen molar-refractivity contribution < 1.29 is 9.84 Å². The van der Waals surface area contributed by atoms with Crippen molar-refractivity contribution in [3.63, 3.8) is 0 Å². The molecule has 1 saturated carbocycles. The number of phenols is 1. The van der Waals surface area contributed by atoms with Gasteiger partial charge in [0.15, 0.2) is 0 Å². The van der Waals surface area contributed by atoms with E-state index in [0.717, 1.165) is 61.9 Å². The van der Waals surface area contributed by atoms with Gasteiger partial charge in [0.2, 0.25) is 0 Å². The van der Waals surface area contributed by atoms with E-state index in [0.29, 0.717) is 17.6 Å². The van der Waals surface area contributed by atoms with Crippen LogP contribution in [0.2, 0.25) is 0 Å². The molecular formula is C28H35NO2. The van der Waals surface area contributed by atoms with E-state index in [2.05, 4.69) is 49.2 Å². The number of piperidine rings is 1. The maximum Gasteiger partial charge on any atom is 0.119 e. The number of allylic oxidation sites excluding steroid dienone is 1. The Kier molecular flexibility index (Phi) is 6.70. The predicted octanol–water partition coefficient (Wildman–Crippen LogP) is 6.79. The molecular weight excluding hydrogens is 382 g/mol. The molecule has 1 saturated heterocycles. The Morgan fingerprint density at radius 1 is 1.16 bits per heavy atom. The summed E-state index contributed by atoms with van der Waals surface area (Å²) in [5.41, 5.74) is 4.81. The van der Waals surface area contributed by atoms with Crippen molar-refractivity contribution in [2.45, 2.75) is 44.9 Å². The van der Waals surface area contributed by atoms with Crippen LogP contribution in [0.25, 0.3) is 6.08 Å². The van der Waals surface area contributed by atoms with Crippen molar-refractivity contribution in [3.05, 3.63) is 72.3 Å². The summed E-state index contributed by atoms with van der Waals surface area (Å²) in [6.45, 7) is 12.9. The van der Waals surface area contributed by atoms with E-state index in [4.69, 9.17) is 4.74 Å². The summed E-state index contributed by atoms with van der Waals surface area (Å²) in [6, 6.07) is 14.2. The Morgan fingerprint density at radius 3 is 2.61 bits per heavy atom. The molecule has 4 rings (SSSR count). The minimum absolute atomic E-state index is 0.307. The summed E-state index contributed by atoms with van der Waals surface area (Å²) < 4.78 is 6.25. The SMILES string of the molecule is C=Cc1ccc(O)cc1N1CCC(COc2cccc(C(CC(=C)C)C3CC3)c2)CC1. The molecule has 0 bridgehead atoms. The van der Waals surface area contributed by atoms with Gasteiger partial charge in [-0.1, -0.05) is 30.4 Å². The van der Waals surface area contributed by atoms with Crippen LogP contribution in [0.5, 0.6) is 11.5 Å². The Labute approximate surface area is 187 Å². The standard InChI is InChI=1S/C28H35NO2/c1-4-22-10-11-25(30)18-28(22)29-14-12-21(13-15-29)19-31-26-7-5-6-24(17-26)27(16-20(2)3)23-8-9-23/h4-7,10-11,17-18,21,23,27,30H,1-2,8-9,12-16,19H2,3H3. The lowest BCUT2D eigenvalue weighted by molar-refractivity contribution is 0.222. The van der Waals surface area contributed by atoms with Crippen molar-refractivity contribution >= 4 is 11.8 Å². The maximum atomic E-state index is 9.89. The Bertz CT molecular complexity index is 922. The molecule has 1 aliphatic heterocycles. The molecule has 3 nitrogen and oxygen atoms in total. The average Bonchev–Trinajstić information content (AvgIpc) is 3.62. The lowest BCUT2D eigenvalue weighted by Gasteiger charge is -2.34. The number of ether oxygens (including phenoxy) is 1. The molecule has 1 N–H and O–H groups in total. The van der Waals surface area contributed by atoms with Crippen LogP contribution < -0.4 is 9.64 Å². The van der Waals surface area contributed by atoms with E-state index >= 15 is 0 Å². The third-order valence-corrected chi connectivity index (χ3v) is 6.72. The van der Waals surface area contributed by atoms with Gasteiger partial charge < -0.3 is 14.7 Å². The zero-order valence-corrected chi connectivity index (χ0v) is 18.7. The molecule has 1 atom stereocenters. The summed E-state index contributed by atoms with van der Waals surface area (Å²) in [6.07, 6.45) is 7.80. The van der Waals surface area contributed by atoms with E-state index in [1.807, 2.05) is 18.2 Å². The van der Waals surface area contributed by atoms with E-state index in [-0.39, 0.29) is 0 Å². The van der Waals surface area contributed by atoms with Crippen LogP contribution in [0.1, 0.15) is 56.1 Å². The summed E-state index contributed by atoms with van der Waals surface area (Å²) >= 11 is 0. The van der Waals surface area contributed by atoms with Crippen molar-refractivity contribution in [2.75, 3.05) is 24.6 Å². The van der Waals surface area contributed by atoms with Crippen molar-refractivity contribution in [1.82, 2.24) is 0 Å². The molecule has 3 heteroatoms. The summed E-state index contributed by atoms with van der Waals surface area (Å²) in [5.74, 6) is 3.26. The van der Waals surface area contributed by atoms with Gasteiger partial charge in [0.1, 0.15) is 11.5 Å². The van der Waals surface area contributed by atoms with Gasteiger partial charge in [-0.05, 0) is 92.2 Å². The number of aromatic hydroxyl groups is 1. The zero-order chi connectivity index (χ0) is 21.8. The topological polar surface area (TPSA) is 32.7 Å². The largest absolute Gasteiger partial charge is 0.508 e. The molecule has 2 aromatic rings. The third-order valence-electron chi connectivity index (χ3n) is 6.72. The van der Waals surface area contributed by atoms with Crippen LogP contribution in [-0.4, -0.2) is 24.8 Å². The Hall–Kier alpha value is -2.68. The minimum atomic E-state index is 0.307. The molecule has 1 heterocycles. The van der Waals surface area contributed by atoms with Gasteiger partial charge in [-0.25, -0.2) is 0 Å². The second-order valence-corrected chi connectivity index (χ2v) is 9.37. The van der Waals surface area contributed by atoms with Gasteiger partial charge in [0, 0.05) is 24.8 Å². The first kappa shape index (κ1) is 21.5. The molecule has 2 fully saturated rings. The lowest BCUT2D eigenvalue weighted by Crippen LogP contribution is -2.35. The predicted molar refractivity (Wildman–Crippen MR) is 130 cm³/mol. The highest BCUT2D eigenvalue weighted by atomic mass is 16.5. The number of benzene rings is 2. The van der Waals surface area contributed by atoms with Gasteiger partial charge in [0.05, 0.1) is 6.61 Å². The number of nitrogens with zero attached hydrogens (tertiary/aromatic N) is 1. The van der Waals surface area contributed by atoms with Crippen LogP contribution in [0, 0.1) is 11.8 Å². The molecule has 2 aliphatic rings. The Morgan fingerprint density at radius 2 is 1.94 bits per heavy atom. The van der Waals surface area contributed by atoms with Gasteiger partial charge in [-0.3, -0.25) is 0 Å². The van der Waals surface area contributed by atoms with Gasteiger partial charge in [0.25, 0.3) is 0 Å². The van der Waals surface area contributed by atoms with E-state index in [1.54, 1.807) is 6.07 Å². The van der Waals surface area contributed by atoms with Crippen LogP contribution in [0.15, 0.2) is 61.2 Å². The molecule has 1 aliphatic carbocycles. The van der Waals surface area contributed by atoms with Gasteiger partial charge in [-0.2, -0.15) is 0 Å². The fourth-order valence-electron chi connectivity index (χ4n) is 4.80. The zero-order valence-electron chi connectivity index (χ0n) is 18.7. The smallest absolute Gasteiger partial charge is 0.119 e. The molecule has 0 radical (unpaired) electrons. The quantitative estimate of drug-likeness (QED) is 0.456. The van der Waals surface area contributed by atoms with Crippen molar-refractivity contribution in [2.24, 2.45) is 11.8 Å². The minimum Gasteiger partial charge on any atom is -0.508 e. The summed E-state index contributed by atoms with van der Waals surface area (Å²) in [4.78, 5) is 2.35. The maximum absolute atomic E-state index is 9.89. The molecule has 1 unspecified atom stereocenters. The summed E-state index contributed by atoms with van der Waals surface area (Å²) in [7, 11) is 0. The monoisotopic (exact) mass is 417 g/mol. The number of rotatable bonds is 9. The molecule has 0 amide bonds. The van der Waals surface area contributed by atoms with Gasteiger partial charge >= 0.3 is 0 Å².